The van der Waals surface area contributed by atoms with Gasteiger partial charge in [0.1, 0.15) is 22.2 Å². The lowest BCUT2D eigenvalue weighted by Crippen LogP contribution is -2.18. The molecule has 0 aliphatic heterocycles. The quantitative estimate of drug-likeness (QED) is 0.117. The maximum atomic E-state index is 13.3. The van der Waals surface area contributed by atoms with Gasteiger partial charge in [0.25, 0.3) is 0 Å². The van der Waals surface area contributed by atoms with Crippen molar-refractivity contribution >= 4 is 80.5 Å². The van der Waals surface area contributed by atoms with Crippen LogP contribution in [0.25, 0.3) is 33.0 Å². The molecule has 0 unspecified atom stereocenters. The fraction of sp³-hybridized carbons (Fsp3) is 0.158. The number of nitriles is 2. The highest BCUT2D eigenvalue weighted by atomic mass is 32.1. The third-order valence-corrected chi connectivity index (χ3v) is 11.7. The SMILES string of the molecule is [C-]#[N+]c1cc2c(cc1[N+]#[C-])C(=O)C(=Cc1nc3c(s1)C1=C(c4sc(C=C5C(=O)c6cc(C#N)c(C#N)cc6C5=O)nc4C1(C)C)C3(C)C)C2=O. The Labute approximate surface area is 292 Å². The van der Waals surface area contributed by atoms with Crippen LogP contribution in [0.3, 0.4) is 0 Å². The molecular weight excluding hydrogens is 669 g/mol. The average Bonchev–Trinajstić information content (AvgIpc) is 3.89. The van der Waals surface area contributed by atoms with Crippen molar-refractivity contribution in [1.82, 2.24) is 9.97 Å². The summed E-state index contributed by atoms with van der Waals surface area (Å²) < 4.78 is 0. The van der Waals surface area contributed by atoms with Gasteiger partial charge in [0.15, 0.2) is 34.5 Å². The highest BCUT2D eigenvalue weighted by Gasteiger charge is 2.54. The number of aromatic nitrogens is 2. The number of carbonyl (C=O) groups excluding carboxylic acids is 4. The molecule has 2 heterocycles. The van der Waals surface area contributed by atoms with Crippen molar-refractivity contribution in [2.24, 2.45) is 0 Å². The minimum Gasteiger partial charge on any atom is -0.288 e. The van der Waals surface area contributed by atoms with Gasteiger partial charge < -0.3 is 0 Å². The molecule has 0 saturated heterocycles. The summed E-state index contributed by atoms with van der Waals surface area (Å²) in [5.41, 5.74) is 2.87. The number of hydrogen-bond donors (Lipinski definition) is 0. The van der Waals surface area contributed by atoms with E-state index < -0.39 is 34.0 Å². The zero-order chi connectivity index (χ0) is 35.6. The number of nitrogens with zero attached hydrogens (tertiary/aromatic N) is 6. The van der Waals surface area contributed by atoms with E-state index in [1.165, 1.54) is 59.1 Å². The first-order chi connectivity index (χ1) is 23.8. The standard InChI is InChI=1S/C38H18N6O4S2/c1-37(2)28-27(33-35(37)43-25(49-33)11-21-29(45)17-7-15(13-39)16(14-40)8-18(17)30(21)46)38(3,4)36-34(28)50-26(44-36)12-22-31(47)19-9-23(41-5)24(42-6)10-20(19)32(22)48/h7-12H,1-4H3. The minimum absolute atomic E-state index is 0.0226. The summed E-state index contributed by atoms with van der Waals surface area (Å²) in [6, 6.07) is 9.01. The van der Waals surface area contributed by atoms with Crippen LogP contribution in [0.4, 0.5) is 11.4 Å². The van der Waals surface area contributed by atoms with E-state index in [-0.39, 0.29) is 55.9 Å². The first-order valence-corrected chi connectivity index (χ1v) is 16.7. The maximum absolute atomic E-state index is 13.3. The van der Waals surface area contributed by atoms with Crippen molar-refractivity contribution in [1.29, 1.82) is 10.5 Å². The molecule has 0 spiro atoms. The largest absolute Gasteiger partial charge is 0.288 e. The molecule has 10 nitrogen and oxygen atoms in total. The highest BCUT2D eigenvalue weighted by Crippen LogP contribution is 2.64. The second-order valence-electron chi connectivity index (χ2n) is 13.2. The van der Waals surface area contributed by atoms with Crippen molar-refractivity contribution in [3.05, 3.63) is 123 Å². The Bertz CT molecular complexity index is 2430. The summed E-state index contributed by atoms with van der Waals surface area (Å²) in [5.74, 6) is -2.05. The molecule has 0 saturated carbocycles. The summed E-state index contributed by atoms with van der Waals surface area (Å²) in [4.78, 5) is 71.6. The maximum Gasteiger partial charge on any atom is 0.197 e. The molecule has 0 fully saturated rings. The second-order valence-corrected chi connectivity index (χ2v) is 15.2. The van der Waals surface area contributed by atoms with Gasteiger partial charge in [-0.1, -0.05) is 39.8 Å². The Morgan fingerprint density at radius 1 is 0.640 bits per heavy atom. The summed E-state index contributed by atoms with van der Waals surface area (Å²) >= 11 is 2.75. The molecule has 236 valence electrons. The lowest BCUT2D eigenvalue weighted by molar-refractivity contribution is 0.0975. The molecule has 0 amide bonds. The van der Waals surface area contributed by atoms with Gasteiger partial charge in [-0.3, -0.25) is 28.9 Å². The van der Waals surface area contributed by atoms with Gasteiger partial charge in [0, 0.05) is 33.1 Å². The number of rotatable bonds is 2. The van der Waals surface area contributed by atoms with Gasteiger partial charge in [-0.25, -0.2) is 9.97 Å². The van der Waals surface area contributed by atoms with Gasteiger partial charge in [0.05, 0.1) is 56.6 Å². The van der Waals surface area contributed by atoms with E-state index in [2.05, 4.69) is 9.69 Å². The van der Waals surface area contributed by atoms with E-state index >= 15 is 0 Å². The number of allylic oxidation sites excluding steroid dienone is 4. The van der Waals surface area contributed by atoms with E-state index in [1.807, 2.05) is 39.8 Å². The molecule has 0 N–H and O–H groups in total. The van der Waals surface area contributed by atoms with E-state index in [1.54, 1.807) is 0 Å². The molecule has 4 aliphatic rings. The molecule has 0 atom stereocenters. The first kappa shape index (κ1) is 30.9. The van der Waals surface area contributed by atoms with Gasteiger partial charge in [-0.15, -0.1) is 22.7 Å². The van der Waals surface area contributed by atoms with Crippen LogP contribution < -0.4 is 0 Å². The van der Waals surface area contributed by atoms with Crippen molar-refractivity contribution in [3.8, 4) is 12.1 Å². The van der Waals surface area contributed by atoms with Crippen LogP contribution in [0.2, 0.25) is 0 Å². The Morgan fingerprint density at radius 2 is 0.980 bits per heavy atom. The van der Waals surface area contributed by atoms with Crippen LogP contribution in [0, 0.1) is 35.8 Å². The lowest BCUT2D eigenvalue weighted by Gasteiger charge is -2.21. The lowest BCUT2D eigenvalue weighted by atomic mass is 9.84. The van der Waals surface area contributed by atoms with Gasteiger partial charge >= 0.3 is 0 Å². The summed E-state index contributed by atoms with van der Waals surface area (Å²) in [5, 5.41) is 19.8. The third-order valence-electron chi connectivity index (χ3n) is 9.67. The van der Waals surface area contributed by atoms with Crippen molar-refractivity contribution < 1.29 is 19.2 Å². The predicted octanol–water partition coefficient (Wildman–Crippen LogP) is 7.86. The molecule has 2 aromatic carbocycles. The van der Waals surface area contributed by atoms with Crippen molar-refractivity contribution in [3.63, 3.8) is 0 Å². The van der Waals surface area contributed by atoms with Crippen molar-refractivity contribution in [2.75, 3.05) is 0 Å². The number of ketones is 4. The number of thiazole rings is 2. The number of carbonyl (C=O) groups is 4. The topological polar surface area (TPSA) is 150 Å². The molecule has 0 radical (unpaired) electrons. The van der Waals surface area contributed by atoms with Crippen LogP contribution in [0.1, 0.15) is 111 Å². The van der Waals surface area contributed by atoms with E-state index in [9.17, 15) is 29.7 Å². The Morgan fingerprint density at radius 3 is 1.30 bits per heavy atom. The Kier molecular flexibility index (Phi) is 6.20. The number of benzene rings is 2. The highest BCUT2D eigenvalue weighted by molar-refractivity contribution is 7.15. The average molecular weight is 687 g/mol. The molecule has 0 bridgehead atoms. The molecular formula is C38H18N6O4S2. The van der Waals surface area contributed by atoms with Crippen LogP contribution in [-0.4, -0.2) is 33.1 Å². The van der Waals surface area contributed by atoms with E-state index in [4.69, 9.17) is 23.1 Å². The molecule has 4 aromatic rings. The second kappa shape index (κ2) is 10.0. The van der Waals surface area contributed by atoms with Crippen LogP contribution >= 0.6 is 22.7 Å². The predicted molar refractivity (Wildman–Crippen MR) is 185 cm³/mol. The van der Waals surface area contributed by atoms with Gasteiger partial charge in [-0.2, -0.15) is 10.5 Å². The van der Waals surface area contributed by atoms with Crippen LogP contribution in [-0.2, 0) is 10.8 Å². The molecule has 8 rings (SSSR count). The number of fused-ring (bicyclic) bond motifs is 6. The first-order valence-electron chi connectivity index (χ1n) is 15.1. The van der Waals surface area contributed by atoms with Gasteiger partial charge in [-0.05, 0) is 35.4 Å². The zero-order valence-electron chi connectivity index (χ0n) is 26.6. The molecule has 4 aliphatic carbocycles. The summed E-state index contributed by atoms with van der Waals surface area (Å²) in [6.45, 7) is 22.9. The Hall–Kier alpha value is -6.44. The molecule has 12 heteroatoms. The third kappa shape index (κ3) is 3.83. The molecule has 2 aromatic heterocycles. The number of hydrogen-bond acceptors (Lipinski definition) is 10. The Balaban J connectivity index is 1.17. The minimum atomic E-state index is -0.588. The van der Waals surface area contributed by atoms with Crippen LogP contribution in [0.5, 0.6) is 0 Å². The van der Waals surface area contributed by atoms with Gasteiger partial charge in [0.2, 0.25) is 0 Å². The fourth-order valence-electron chi connectivity index (χ4n) is 7.23. The number of Topliss-reactive ketones (excluding diaryl/α,β-unsaturated/α-hetero) is 4. The monoisotopic (exact) mass is 686 g/mol. The summed E-state index contributed by atoms with van der Waals surface area (Å²) in [6.07, 6.45) is 2.98. The normalized spacial score (nSPS) is 17.0. The van der Waals surface area contributed by atoms with Crippen LogP contribution in [0.15, 0.2) is 35.4 Å². The smallest absolute Gasteiger partial charge is 0.197 e. The fourth-order valence-corrected chi connectivity index (χ4v) is 9.99. The summed E-state index contributed by atoms with van der Waals surface area (Å²) in [7, 11) is 0. The van der Waals surface area contributed by atoms with Crippen molar-refractivity contribution in [2.45, 2.75) is 38.5 Å². The zero-order valence-corrected chi connectivity index (χ0v) is 28.2. The molecule has 50 heavy (non-hydrogen) atoms. The van der Waals surface area contributed by atoms with E-state index in [0.717, 1.165) is 32.3 Å². The van der Waals surface area contributed by atoms with E-state index in [0.29, 0.717) is 10.0 Å².